The second kappa shape index (κ2) is 7.46. The summed E-state index contributed by atoms with van der Waals surface area (Å²) in [5, 5.41) is 0. The van der Waals surface area contributed by atoms with Crippen LogP contribution in [0.5, 0.6) is 5.75 Å². The average molecular weight is 376 g/mol. The standard InChI is InChI=1S/C22H24N4O2/c1-14-5-4-6-17(11-14)21-24-16(3)20(25-21)22(27)26-10-8-19(13-26)28-18-7-9-23-15(2)12-18/h4-7,9,11-12,19H,8,10,13H2,1-3H3,(H,24,25). The minimum Gasteiger partial charge on any atom is -0.488 e. The molecule has 0 bridgehead atoms. The van der Waals surface area contributed by atoms with Crippen LogP contribution in [0, 0.1) is 20.8 Å². The summed E-state index contributed by atoms with van der Waals surface area (Å²) in [6.45, 7) is 7.10. The maximum absolute atomic E-state index is 13.0. The maximum atomic E-state index is 13.0. The second-order valence-corrected chi connectivity index (χ2v) is 7.34. The first-order valence-electron chi connectivity index (χ1n) is 9.52. The van der Waals surface area contributed by atoms with E-state index in [0.717, 1.165) is 40.5 Å². The number of nitrogens with zero attached hydrogens (tertiary/aromatic N) is 3. The summed E-state index contributed by atoms with van der Waals surface area (Å²) in [5.74, 6) is 1.47. The Morgan fingerprint density at radius 2 is 2.07 bits per heavy atom. The van der Waals surface area contributed by atoms with Crippen LogP contribution in [0.2, 0.25) is 0 Å². The van der Waals surface area contributed by atoms with Gasteiger partial charge in [-0.05, 0) is 32.9 Å². The number of amides is 1. The lowest BCUT2D eigenvalue weighted by atomic mass is 10.1. The quantitative estimate of drug-likeness (QED) is 0.754. The first-order chi connectivity index (χ1) is 13.5. The van der Waals surface area contributed by atoms with Crippen LogP contribution in [0.1, 0.15) is 33.9 Å². The number of benzene rings is 1. The molecule has 0 radical (unpaired) electrons. The highest BCUT2D eigenvalue weighted by Gasteiger charge is 2.30. The zero-order valence-corrected chi connectivity index (χ0v) is 16.4. The number of imidazole rings is 1. The van der Waals surface area contributed by atoms with E-state index in [-0.39, 0.29) is 12.0 Å². The van der Waals surface area contributed by atoms with E-state index in [0.29, 0.717) is 18.8 Å². The van der Waals surface area contributed by atoms with Crippen molar-refractivity contribution in [2.75, 3.05) is 13.1 Å². The van der Waals surface area contributed by atoms with Crippen molar-refractivity contribution >= 4 is 5.91 Å². The summed E-state index contributed by atoms with van der Waals surface area (Å²) in [4.78, 5) is 26.9. The molecule has 0 spiro atoms. The first-order valence-corrected chi connectivity index (χ1v) is 9.52. The van der Waals surface area contributed by atoms with Crippen LogP contribution in [0.25, 0.3) is 11.4 Å². The highest BCUT2D eigenvalue weighted by atomic mass is 16.5. The third kappa shape index (κ3) is 3.76. The van der Waals surface area contributed by atoms with Crippen molar-refractivity contribution in [2.45, 2.75) is 33.3 Å². The number of hydrogen-bond donors (Lipinski definition) is 1. The van der Waals surface area contributed by atoms with Crippen molar-refractivity contribution < 1.29 is 9.53 Å². The van der Waals surface area contributed by atoms with E-state index in [2.05, 4.69) is 21.0 Å². The molecule has 1 aliphatic rings. The normalized spacial score (nSPS) is 16.4. The van der Waals surface area contributed by atoms with Gasteiger partial charge in [-0.1, -0.05) is 23.8 Å². The number of hydrogen-bond acceptors (Lipinski definition) is 4. The molecule has 1 fully saturated rings. The lowest BCUT2D eigenvalue weighted by molar-refractivity contribution is 0.0766. The monoisotopic (exact) mass is 376 g/mol. The number of pyridine rings is 1. The Kier molecular flexibility index (Phi) is 4.86. The number of aryl methyl sites for hydroxylation is 3. The summed E-state index contributed by atoms with van der Waals surface area (Å²) in [6.07, 6.45) is 2.53. The molecule has 1 aliphatic heterocycles. The molecule has 1 unspecified atom stereocenters. The van der Waals surface area contributed by atoms with Crippen LogP contribution >= 0.6 is 0 Å². The minimum atomic E-state index is -0.0512. The van der Waals surface area contributed by atoms with E-state index < -0.39 is 0 Å². The van der Waals surface area contributed by atoms with Crippen LogP contribution in [0.15, 0.2) is 42.6 Å². The van der Waals surface area contributed by atoms with E-state index >= 15 is 0 Å². The Hall–Kier alpha value is -3.15. The smallest absolute Gasteiger partial charge is 0.274 e. The largest absolute Gasteiger partial charge is 0.488 e. The second-order valence-electron chi connectivity index (χ2n) is 7.34. The molecule has 1 aromatic carbocycles. The van der Waals surface area contributed by atoms with Gasteiger partial charge in [-0.25, -0.2) is 4.98 Å². The summed E-state index contributed by atoms with van der Waals surface area (Å²) in [5.41, 5.74) is 4.33. The van der Waals surface area contributed by atoms with Crippen molar-refractivity contribution in [1.29, 1.82) is 0 Å². The van der Waals surface area contributed by atoms with E-state index in [1.165, 1.54) is 0 Å². The van der Waals surface area contributed by atoms with Crippen molar-refractivity contribution in [3.05, 3.63) is 65.2 Å². The molecule has 3 aromatic rings. The molecule has 4 rings (SSSR count). The van der Waals surface area contributed by atoms with Crippen LogP contribution in [0.4, 0.5) is 0 Å². The fraction of sp³-hybridized carbons (Fsp3) is 0.318. The average Bonchev–Trinajstić information content (AvgIpc) is 3.28. The molecule has 1 amide bonds. The van der Waals surface area contributed by atoms with Gasteiger partial charge < -0.3 is 14.6 Å². The number of H-pyrrole nitrogens is 1. The number of rotatable bonds is 4. The summed E-state index contributed by atoms with van der Waals surface area (Å²) in [7, 11) is 0. The highest BCUT2D eigenvalue weighted by Crippen LogP contribution is 2.23. The zero-order valence-electron chi connectivity index (χ0n) is 16.4. The van der Waals surface area contributed by atoms with E-state index in [4.69, 9.17) is 4.74 Å². The van der Waals surface area contributed by atoms with Gasteiger partial charge in [0.05, 0.1) is 6.54 Å². The molecule has 28 heavy (non-hydrogen) atoms. The molecule has 144 valence electrons. The third-order valence-corrected chi connectivity index (χ3v) is 4.98. The molecular formula is C22H24N4O2. The number of aromatic nitrogens is 3. The summed E-state index contributed by atoms with van der Waals surface area (Å²) in [6, 6.07) is 11.9. The number of aromatic amines is 1. The van der Waals surface area contributed by atoms with Gasteiger partial charge in [0.25, 0.3) is 5.91 Å². The van der Waals surface area contributed by atoms with Crippen molar-refractivity contribution in [1.82, 2.24) is 19.9 Å². The Morgan fingerprint density at radius 1 is 1.21 bits per heavy atom. The SMILES string of the molecule is Cc1cccc(-c2nc(C(=O)N3CCC(Oc4ccnc(C)c4)C3)c(C)[nH]2)c1. The van der Waals surface area contributed by atoms with Gasteiger partial charge in [-0.3, -0.25) is 9.78 Å². The van der Waals surface area contributed by atoms with Crippen LogP contribution < -0.4 is 4.74 Å². The van der Waals surface area contributed by atoms with Crippen molar-refractivity contribution in [3.63, 3.8) is 0 Å². The van der Waals surface area contributed by atoms with Gasteiger partial charge in [-0.2, -0.15) is 0 Å². The van der Waals surface area contributed by atoms with Gasteiger partial charge in [0.2, 0.25) is 0 Å². The number of likely N-dealkylation sites (tertiary alicyclic amines) is 1. The molecule has 1 N–H and O–H groups in total. The number of carbonyl (C=O) groups is 1. The number of ether oxygens (including phenoxy) is 1. The lowest BCUT2D eigenvalue weighted by Gasteiger charge is -2.16. The Bertz CT molecular complexity index is 1010. The van der Waals surface area contributed by atoms with Gasteiger partial charge in [-0.15, -0.1) is 0 Å². The summed E-state index contributed by atoms with van der Waals surface area (Å²) < 4.78 is 6.03. The fourth-order valence-corrected chi connectivity index (χ4v) is 3.54. The predicted octanol–water partition coefficient (Wildman–Crippen LogP) is 3.69. The molecule has 6 heteroatoms. The first kappa shape index (κ1) is 18.2. The molecule has 1 atom stereocenters. The molecule has 3 heterocycles. The molecule has 2 aromatic heterocycles. The zero-order chi connectivity index (χ0) is 19.7. The number of carbonyl (C=O) groups excluding carboxylic acids is 1. The van der Waals surface area contributed by atoms with E-state index in [9.17, 15) is 4.79 Å². The van der Waals surface area contributed by atoms with Gasteiger partial charge in [0.15, 0.2) is 0 Å². The molecule has 1 saturated heterocycles. The Balaban J connectivity index is 1.46. The predicted molar refractivity (Wildman–Crippen MR) is 107 cm³/mol. The molecule has 0 aliphatic carbocycles. The van der Waals surface area contributed by atoms with E-state index in [1.807, 2.05) is 56.0 Å². The Morgan fingerprint density at radius 3 is 2.86 bits per heavy atom. The molecule has 0 saturated carbocycles. The van der Waals surface area contributed by atoms with Crippen LogP contribution in [0.3, 0.4) is 0 Å². The van der Waals surface area contributed by atoms with Crippen molar-refractivity contribution in [3.8, 4) is 17.1 Å². The number of nitrogens with one attached hydrogen (secondary N) is 1. The molecule has 6 nitrogen and oxygen atoms in total. The van der Waals surface area contributed by atoms with Gasteiger partial charge in [0, 0.05) is 42.2 Å². The summed E-state index contributed by atoms with van der Waals surface area (Å²) >= 11 is 0. The van der Waals surface area contributed by atoms with Crippen molar-refractivity contribution in [2.24, 2.45) is 0 Å². The van der Waals surface area contributed by atoms with E-state index in [1.54, 1.807) is 6.20 Å². The minimum absolute atomic E-state index is 0.0127. The molecular weight excluding hydrogens is 352 g/mol. The van der Waals surface area contributed by atoms with Gasteiger partial charge in [0.1, 0.15) is 23.4 Å². The fourth-order valence-electron chi connectivity index (χ4n) is 3.54. The topological polar surface area (TPSA) is 71.1 Å². The maximum Gasteiger partial charge on any atom is 0.274 e. The van der Waals surface area contributed by atoms with Gasteiger partial charge >= 0.3 is 0 Å². The lowest BCUT2D eigenvalue weighted by Crippen LogP contribution is -2.31. The van der Waals surface area contributed by atoms with Crippen LogP contribution in [-0.4, -0.2) is 45.0 Å². The third-order valence-electron chi connectivity index (χ3n) is 4.98. The highest BCUT2D eigenvalue weighted by molar-refractivity contribution is 5.94. The Labute approximate surface area is 164 Å². The van der Waals surface area contributed by atoms with Crippen LogP contribution in [-0.2, 0) is 0 Å².